The highest BCUT2D eigenvalue weighted by Crippen LogP contribution is 2.28. The molecular formula is C11H10ClFN4. The van der Waals surface area contributed by atoms with Gasteiger partial charge in [-0.15, -0.1) is 0 Å². The molecule has 0 amide bonds. The molecule has 0 fully saturated rings. The number of anilines is 2. The van der Waals surface area contributed by atoms with E-state index in [0.29, 0.717) is 11.3 Å². The van der Waals surface area contributed by atoms with Crippen molar-refractivity contribution in [2.75, 3.05) is 18.1 Å². The van der Waals surface area contributed by atoms with E-state index in [0.717, 1.165) is 5.69 Å². The first-order valence-electron chi connectivity index (χ1n) is 4.88. The Hall–Kier alpha value is -1.88. The van der Waals surface area contributed by atoms with Crippen LogP contribution in [0.1, 0.15) is 0 Å². The van der Waals surface area contributed by atoms with Crippen LogP contribution in [0.15, 0.2) is 24.3 Å². The highest BCUT2D eigenvalue weighted by Gasteiger charge is 2.12. The van der Waals surface area contributed by atoms with Crippen LogP contribution in [0.3, 0.4) is 0 Å². The van der Waals surface area contributed by atoms with Crippen molar-refractivity contribution in [3.8, 4) is 11.3 Å². The van der Waals surface area contributed by atoms with Gasteiger partial charge < -0.3 is 11.1 Å². The molecule has 88 valence electrons. The van der Waals surface area contributed by atoms with Crippen LogP contribution < -0.4 is 11.1 Å². The van der Waals surface area contributed by atoms with Crippen LogP contribution in [0.25, 0.3) is 11.3 Å². The van der Waals surface area contributed by atoms with E-state index >= 15 is 0 Å². The summed E-state index contributed by atoms with van der Waals surface area (Å²) in [5.74, 6) is -0.952. The van der Waals surface area contributed by atoms with Crippen LogP contribution in [0.4, 0.5) is 16.0 Å². The second-order valence-corrected chi connectivity index (χ2v) is 3.74. The van der Waals surface area contributed by atoms with E-state index in [4.69, 9.17) is 17.3 Å². The van der Waals surface area contributed by atoms with Crippen LogP contribution in [-0.4, -0.2) is 17.0 Å². The minimum atomic E-state index is -0.813. The molecule has 6 heteroatoms. The zero-order chi connectivity index (χ0) is 12.4. The molecular weight excluding hydrogens is 243 g/mol. The Morgan fingerprint density at radius 2 is 1.88 bits per heavy atom. The lowest BCUT2D eigenvalue weighted by molar-refractivity contribution is 0.583. The fraction of sp³-hybridized carbons (Fsp3) is 0.0909. The lowest BCUT2D eigenvalue weighted by Gasteiger charge is -2.06. The summed E-state index contributed by atoms with van der Waals surface area (Å²) in [7, 11) is 1.81. The average molecular weight is 253 g/mol. The standard InChI is InChI=1S/C11H10ClFN4/c1-15-7-4-2-6(3-5-7)9-8(12)10(13)17-11(14)16-9/h2-5,15H,1H3,(H2,14,16,17). The Kier molecular flexibility index (Phi) is 3.10. The van der Waals surface area contributed by atoms with Crippen LogP contribution in [-0.2, 0) is 0 Å². The third kappa shape index (κ3) is 2.29. The van der Waals surface area contributed by atoms with E-state index in [2.05, 4.69) is 15.3 Å². The Morgan fingerprint density at radius 3 is 2.47 bits per heavy atom. The molecule has 0 radical (unpaired) electrons. The van der Waals surface area contributed by atoms with E-state index in [9.17, 15) is 4.39 Å². The molecule has 1 heterocycles. The van der Waals surface area contributed by atoms with Crippen molar-refractivity contribution < 1.29 is 4.39 Å². The SMILES string of the molecule is CNc1ccc(-c2nc(N)nc(F)c2Cl)cc1. The quantitative estimate of drug-likeness (QED) is 0.807. The molecule has 0 unspecified atom stereocenters. The molecule has 2 aromatic rings. The Balaban J connectivity index is 2.52. The smallest absolute Gasteiger partial charge is 0.237 e. The summed E-state index contributed by atoms with van der Waals surface area (Å²) in [5.41, 5.74) is 7.30. The molecule has 0 aliphatic heterocycles. The molecule has 0 saturated carbocycles. The average Bonchev–Trinajstić information content (AvgIpc) is 2.34. The highest BCUT2D eigenvalue weighted by molar-refractivity contribution is 6.33. The maximum Gasteiger partial charge on any atom is 0.237 e. The van der Waals surface area contributed by atoms with Crippen LogP contribution in [0.2, 0.25) is 5.02 Å². The van der Waals surface area contributed by atoms with Gasteiger partial charge in [-0.25, -0.2) is 4.98 Å². The van der Waals surface area contributed by atoms with Gasteiger partial charge in [-0.05, 0) is 12.1 Å². The van der Waals surface area contributed by atoms with E-state index in [1.165, 1.54) is 0 Å². The molecule has 0 aliphatic rings. The number of nitrogens with zero attached hydrogens (tertiary/aromatic N) is 2. The van der Waals surface area contributed by atoms with Gasteiger partial charge in [0.2, 0.25) is 11.9 Å². The predicted molar refractivity (Wildman–Crippen MR) is 66.4 cm³/mol. The number of rotatable bonds is 2. The first kappa shape index (κ1) is 11.6. The van der Waals surface area contributed by atoms with Crippen molar-refractivity contribution in [1.82, 2.24) is 9.97 Å². The minimum absolute atomic E-state index is 0.128. The largest absolute Gasteiger partial charge is 0.388 e. The number of nitrogens with two attached hydrogens (primary N) is 1. The number of nitrogens with one attached hydrogen (secondary N) is 1. The number of hydrogen-bond acceptors (Lipinski definition) is 4. The van der Waals surface area contributed by atoms with Crippen molar-refractivity contribution in [3.63, 3.8) is 0 Å². The molecule has 1 aromatic heterocycles. The molecule has 0 aliphatic carbocycles. The van der Waals surface area contributed by atoms with Gasteiger partial charge in [0.25, 0.3) is 0 Å². The number of aromatic nitrogens is 2. The fourth-order valence-corrected chi connectivity index (χ4v) is 1.62. The van der Waals surface area contributed by atoms with Crippen molar-refractivity contribution in [1.29, 1.82) is 0 Å². The van der Waals surface area contributed by atoms with Gasteiger partial charge in [0.15, 0.2) is 0 Å². The normalized spacial score (nSPS) is 10.3. The van der Waals surface area contributed by atoms with Gasteiger partial charge >= 0.3 is 0 Å². The van der Waals surface area contributed by atoms with E-state index in [-0.39, 0.29) is 11.0 Å². The van der Waals surface area contributed by atoms with E-state index in [1.54, 1.807) is 12.1 Å². The lowest BCUT2D eigenvalue weighted by Crippen LogP contribution is -2.00. The molecule has 0 atom stereocenters. The topological polar surface area (TPSA) is 63.8 Å². The number of halogens is 2. The minimum Gasteiger partial charge on any atom is -0.388 e. The Morgan fingerprint density at radius 1 is 1.24 bits per heavy atom. The molecule has 1 aromatic carbocycles. The molecule has 3 N–H and O–H groups in total. The number of benzene rings is 1. The van der Waals surface area contributed by atoms with E-state index < -0.39 is 5.95 Å². The molecule has 17 heavy (non-hydrogen) atoms. The second kappa shape index (κ2) is 4.55. The lowest BCUT2D eigenvalue weighted by atomic mass is 10.1. The first-order chi connectivity index (χ1) is 8.11. The molecule has 4 nitrogen and oxygen atoms in total. The number of nitrogen functional groups attached to an aromatic ring is 1. The van der Waals surface area contributed by atoms with Gasteiger partial charge in [-0.1, -0.05) is 23.7 Å². The monoisotopic (exact) mass is 252 g/mol. The van der Waals surface area contributed by atoms with Gasteiger partial charge in [-0.3, -0.25) is 0 Å². The molecule has 0 spiro atoms. The highest BCUT2D eigenvalue weighted by atomic mass is 35.5. The van der Waals surface area contributed by atoms with Crippen molar-refractivity contribution in [2.24, 2.45) is 0 Å². The summed E-state index contributed by atoms with van der Waals surface area (Å²) >= 11 is 5.80. The first-order valence-corrected chi connectivity index (χ1v) is 5.26. The molecule has 2 rings (SSSR count). The summed E-state index contributed by atoms with van der Waals surface area (Å²) in [6, 6.07) is 7.22. The van der Waals surface area contributed by atoms with Crippen molar-refractivity contribution in [3.05, 3.63) is 35.2 Å². The second-order valence-electron chi connectivity index (χ2n) is 3.36. The predicted octanol–water partition coefficient (Wildman–Crippen LogP) is 2.56. The van der Waals surface area contributed by atoms with Crippen LogP contribution in [0, 0.1) is 5.95 Å². The maximum absolute atomic E-state index is 13.3. The Bertz CT molecular complexity index is 542. The van der Waals surface area contributed by atoms with Crippen LogP contribution >= 0.6 is 11.6 Å². The number of hydrogen-bond donors (Lipinski definition) is 2. The van der Waals surface area contributed by atoms with E-state index in [1.807, 2.05) is 19.2 Å². The Labute approximate surface area is 103 Å². The maximum atomic E-state index is 13.3. The summed E-state index contributed by atoms with van der Waals surface area (Å²) in [4.78, 5) is 7.28. The molecule has 0 bridgehead atoms. The zero-order valence-corrected chi connectivity index (χ0v) is 9.79. The zero-order valence-electron chi connectivity index (χ0n) is 9.04. The summed E-state index contributed by atoms with van der Waals surface area (Å²) in [6.45, 7) is 0. The summed E-state index contributed by atoms with van der Waals surface area (Å²) in [5, 5.41) is 2.85. The fourth-order valence-electron chi connectivity index (χ4n) is 1.42. The summed E-state index contributed by atoms with van der Waals surface area (Å²) < 4.78 is 13.3. The van der Waals surface area contributed by atoms with Gasteiger partial charge in [-0.2, -0.15) is 9.37 Å². The third-order valence-corrected chi connectivity index (χ3v) is 2.61. The van der Waals surface area contributed by atoms with Crippen molar-refractivity contribution >= 4 is 23.2 Å². The van der Waals surface area contributed by atoms with Gasteiger partial charge in [0, 0.05) is 18.3 Å². The van der Waals surface area contributed by atoms with Gasteiger partial charge in [0.05, 0.1) is 5.69 Å². The third-order valence-electron chi connectivity index (χ3n) is 2.28. The molecule has 0 saturated heterocycles. The van der Waals surface area contributed by atoms with Crippen molar-refractivity contribution in [2.45, 2.75) is 0 Å². The van der Waals surface area contributed by atoms with Crippen LogP contribution in [0.5, 0.6) is 0 Å². The van der Waals surface area contributed by atoms with Gasteiger partial charge in [0.1, 0.15) is 5.02 Å². The summed E-state index contributed by atoms with van der Waals surface area (Å²) in [6.07, 6.45) is 0.